The van der Waals surface area contributed by atoms with Crippen LogP contribution in [-0.2, 0) is 4.74 Å². The summed E-state index contributed by atoms with van der Waals surface area (Å²) >= 11 is 0. The summed E-state index contributed by atoms with van der Waals surface area (Å²) in [6, 6.07) is 0. The first-order valence-electron chi connectivity index (χ1n) is 3.85. The molecular formula is C7H17NOSi. The first-order valence-corrected chi connectivity index (χ1v) is 4.85. The van der Waals surface area contributed by atoms with Crippen molar-refractivity contribution in [3.05, 3.63) is 0 Å². The summed E-state index contributed by atoms with van der Waals surface area (Å²) in [5.41, 5.74) is 0.164. The standard InChI is InChI=1S/C7H17NOSi/c1-6(2)7(3,10)9-5-4-8-6/h8H,4-5H2,1-3,10H3. The van der Waals surface area contributed by atoms with E-state index in [0.29, 0.717) is 0 Å². The van der Waals surface area contributed by atoms with E-state index < -0.39 is 0 Å². The lowest BCUT2D eigenvalue weighted by atomic mass is 9.96. The highest BCUT2D eigenvalue weighted by atomic mass is 28.1. The van der Waals surface area contributed by atoms with Crippen LogP contribution in [0.3, 0.4) is 0 Å². The summed E-state index contributed by atoms with van der Waals surface area (Å²) in [6.45, 7) is 8.46. The second-order valence-electron chi connectivity index (χ2n) is 3.91. The highest BCUT2D eigenvalue weighted by molar-refractivity contribution is 6.15. The van der Waals surface area contributed by atoms with E-state index in [1.165, 1.54) is 0 Å². The molecule has 3 heteroatoms. The molecule has 0 saturated carbocycles. The van der Waals surface area contributed by atoms with Crippen molar-refractivity contribution in [2.24, 2.45) is 0 Å². The maximum absolute atomic E-state index is 5.68. The molecule has 1 fully saturated rings. The maximum Gasteiger partial charge on any atom is 0.0629 e. The molecule has 0 radical (unpaired) electrons. The molecular weight excluding hydrogens is 142 g/mol. The monoisotopic (exact) mass is 159 g/mol. The fourth-order valence-electron chi connectivity index (χ4n) is 1.06. The van der Waals surface area contributed by atoms with Crippen molar-refractivity contribution in [2.45, 2.75) is 31.5 Å². The fourth-order valence-corrected chi connectivity index (χ4v) is 1.44. The Morgan fingerprint density at radius 1 is 1.40 bits per heavy atom. The highest BCUT2D eigenvalue weighted by Gasteiger charge is 2.39. The predicted molar refractivity (Wildman–Crippen MR) is 46.4 cm³/mol. The van der Waals surface area contributed by atoms with E-state index >= 15 is 0 Å². The number of nitrogens with one attached hydrogen (secondary N) is 1. The Balaban J connectivity index is 2.70. The lowest BCUT2D eigenvalue weighted by Gasteiger charge is -2.46. The van der Waals surface area contributed by atoms with Gasteiger partial charge in [-0.2, -0.15) is 0 Å². The number of rotatable bonds is 0. The lowest BCUT2D eigenvalue weighted by molar-refractivity contribution is -0.0575. The molecule has 1 unspecified atom stereocenters. The van der Waals surface area contributed by atoms with Gasteiger partial charge in [0.1, 0.15) is 0 Å². The van der Waals surface area contributed by atoms with E-state index in [1.807, 2.05) is 0 Å². The molecule has 0 aromatic rings. The average molecular weight is 159 g/mol. The van der Waals surface area contributed by atoms with Crippen molar-refractivity contribution in [2.75, 3.05) is 13.2 Å². The fraction of sp³-hybridized carbons (Fsp3) is 1.00. The Morgan fingerprint density at radius 2 is 2.00 bits per heavy atom. The molecule has 0 aromatic carbocycles. The molecule has 1 heterocycles. The summed E-state index contributed by atoms with van der Waals surface area (Å²) in [5.74, 6) is 0. The number of hydrogen-bond acceptors (Lipinski definition) is 2. The van der Waals surface area contributed by atoms with Gasteiger partial charge in [-0.3, -0.25) is 0 Å². The van der Waals surface area contributed by atoms with Gasteiger partial charge in [-0.25, -0.2) is 0 Å². The predicted octanol–water partition coefficient (Wildman–Crippen LogP) is -0.534. The van der Waals surface area contributed by atoms with Gasteiger partial charge in [0, 0.05) is 22.3 Å². The van der Waals surface area contributed by atoms with Gasteiger partial charge in [-0.15, -0.1) is 0 Å². The SMILES string of the molecule is CC1(C)NCCOC1(C)[SiH3]. The Hall–Kier alpha value is 0.137. The smallest absolute Gasteiger partial charge is 0.0629 e. The minimum absolute atomic E-state index is 0.102. The van der Waals surface area contributed by atoms with Gasteiger partial charge in [0.05, 0.1) is 11.8 Å². The van der Waals surface area contributed by atoms with Crippen LogP contribution in [0.4, 0.5) is 0 Å². The van der Waals surface area contributed by atoms with Crippen LogP contribution in [0.1, 0.15) is 20.8 Å². The van der Waals surface area contributed by atoms with Gasteiger partial charge in [0.15, 0.2) is 0 Å². The highest BCUT2D eigenvalue weighted by Crippen LogP contribution is 2.24. The van der Waals surface area contributed by atoms with Gasteiger partial charge < -0.3 is 10.1 Å². The Kier molecular flexibility index (Phi) is 1.91. The van der Waals surface area contributed by atoms with Crippen LogP contribution in [0.2, 0.25) is 0 Å². The van der Waals surface area contributed by atoms with Gasteiger partial charge >= 0.3 is 0 Å². The van der Waals surface area contributed by atoms with E-state index in [-0.39, 0.29) is 10.8 Å². The van der Waals surface area contributed by atoms with Gasteiger partial charge in [-0.05, 0) is 20.8 Å². The maximum atomic E-state index is 5.68. The van der Waals surface area contributed by atoms with Gasteiger partial charge in [0.25, 0.3) is 0 Å². The number of hydrogen-bond donors (Lipinski definition) is 1. The minimum Gasteiger partial charge on any atom is -0.377 e. The van der Waals surface area contributed by atoms with Crippen molar-refractivity contribution < 1.29 is 4.74 Å². The zero-order chi connectivity index (χ0) is 7.83. The first-order chi connectivity index (χ1) is 4.46. The van der Waals surface area contributed by atoms with Crippen LogP contribution in [0.5, 0.6) is 0 Å². The van der Waals surface area contributed by atoms with Crippen molar-refractivity contribution in [3.63, 3.8) is 0 Å². The molecule has 0 aliphatic carbocycles. The van der Waals surface area contributed by atoms with E-state index in [0.717, 1.165) is 23.4 Å². The molecule has 0 aromatic heterocycles. The third-order valence-electron chi connectivity index (χ3n) is 2.64. The van der Waals surface area contributed by atoms with Crippen LogP contribution < -0.4 is 5.32 Å². The molecule has 1 aliphatic rings. The van der Waals surface area contributed by atoms with E-state index in [2.05, 4.69) is 26.1 Å². The zero-order valence-corrected chi connectivity index (χ0v) is 9.32. The van der Waals surface area contributed by atoms with E-state index in [1.54, 1.807) is 0 Å². The number of morpholine rings is 1. The molecule has 60 valence electrons. The van der Waals surface area contributed by atoms with Crippen molar-refractivity contribution in [1.29, 1.82) is 0 Å². The van der Waals surface area contributed by atoms with Crippen molar-refractivity contribution >= 4 is 10.2 Å². The molecule has 2 nitrogen and oxygen atoms in total. The zero-order valence-electron chi connectivity index (χ0n) is 7.32. The third kappa shape index (κ3) is 1.26. The minimum atomic E-state index is 0.102. The molecule has 0 amide bonds. The summed E-state index contributed by atoms with van der Waals surface area (Å²) in [4.78, 5) is 0. The Morgan fingerprint density at radius 3 is 2.30 bits per heavy atom. The van der Waals surface area contributed by atoms with Crippen molar-refractivity contribution in [3.8, 4) is 0 Å². The van der Waals surface area contributed by atoms with Crippen LogP contribution in [0.15, 0.2) is 0 Å². The van der Waals surface area contributed by atoms with Crippen LogP contribution >= 0.6 is 0 Å². The van der Waals surface area contributed by atoms with Crippen molar-refractivity contribution in [1.82, 2.24) is 5.32 Å². The lowest BCUT2D eigenvalue weighted by Crippen LogP contribution is -2.64. The molecule has 10 heavy (non-hydrogen) atoms. The summed E-state index contributed by atoms with van der Waals surface area (Å²) in [5, 5.41) is 3.56. The molecule has 1 saturated heterocycles. The van der Waals surface area contributed by atoms with E-state index in [9.17, 15) is 0 Å². The second-order valence-corrected chi connectivity index (χ2v) is 5.82. The summed E-state index contributed by atoms with van der Waals surface area (Å²) < 4.78 is 5.68. The molecule has 0 spiro atoms. The second kappa shape index (κ2) is 2.32. The summed E-state index contributed by atoms with van der Waals surface area (Å²) in [7, 11) is 1.08. The molecule has 1 aliphatic heterocycles. The normalized spacial score (nSPS) is 39.9. The topological polar surface area (TPSA) is 21.3 Å². The van der Waals surface area contributed by atoms with Gasteiger partial charge in [-0.1, -0.05) is 0 Å². The van der Waals surface area contributed by atoms with Crippen LogP contribution in [-0.4, -0.2) is 34.2 Å². The largest absolute Gasteiger partial charge is 0.377 e. The Bertz CT molecular complexity index is 118. The van der Waals surface area contributed by atoms with Crippen LogP contribution in [0, 0.1) is 0 Å². The van der Waals surface area contributed by atoms with Crippen LogP contribution in [0.25, 0.3) is 0 Å². The number of ether oxygens (including phenoxy) is 1. The molecule has 1 N–H and O–H groups in total. The van der Waals surface area contributed by atoms with Gasteiger partial charge in [0.2, 0.25) is 0 Å². The molecule has 1 atom stereocenters. The third-order valence-corrected chi connectivity index (χ3v) is 4.18. The average Bonchev–Trinajstić information content (AvgIpc) is 1.77. The molecule has 1 rings (SSSR count). The Labute approximate surface area is 65.8 Å². The van der Waals surface area contributed by atoms with E-state index in [4.69, 9.17) is 4.74 Å². The summed E-state index contributed by atoms with van der Waals surface area (Å²) in [6.07, 6.45) is 0. The first kappa shape index (κ1) is 8.24. The quantitative estimate of drug-likeness (QED) is 0.480. The molecule has 0 bridgehead atoms.